The van der Waals surface area contributed by atoms with Gasteiger partial charge < -0.3 is 15.5 Å². The number of aromatic nitrogens is 2. The molecular weight excluding hydrogens is 338 g/mol. The second kappa shape index (κ2) is 6.28. The molecule has 1 aliphatic carbocycles. The lowest BCUT2D eigenvalue weighted by molar-refractivity contribution is -0.136. The number of carbonyl (C=O) groups is 1. The number of halogens is 1. The number of anilines is 1. The molecule has 0 bridgehead atoms. The molecule has 2 heterocycles. The lowest BCUT2D eigenvalue weighted by Gasteiger charge is -2.44. The number of nitrogens with zero attached hydrogens (tertiary/aromatic N) is 4. The van der Waals surface area contributed by atoms with Gasteiger partial charge in [0.2, 0.25) is 5.91 Å². The maximum atomic E-state index is 12.6. The molecule has 1 aromatic heterocycles. The van der Waals surface area contributed by atoms with Gasteiger partial charge in [-0.05, 0) is 36.5 Å². The molecule has 0 spiro atoms. The van der Waals surface area contributed by atoms with E-state index < -0.39 is 6.04 Å². The summed E-state index contributed by atoms with van der Waals surface area (Å²) < 4.78 is 0. The summed E-state index contributed by atoms with van der Waals surface area (Å²) in [5.74, 6) is 1.34. The molecule has 2 aromatic rings. The second-order valence-corrected chi connectivity index (χ2v) is 7.16. The van der Waals surface area contributed by atoms with Crippen molar-refractivity contribution in [2.24, 2.45) is 5.73 Å². The van der Waals surface area contributed by atoms with E-state index in [1.807, 2.05) is 0 Å². The Morgan fingerprint density at radius 2 is 2.00 bits per heavy atom. The summed E-state index contributed by atoms with van der Waals surface area (Å²) in [7, 11) is 0. The van der Waals surface area contributed by atoms with E-state index in [2.05, 4.69) is 21.8 Å². The van der Waals surface area contributed by atoms with Gasteiger partial charge in [-0.2, -0.15) is 0 Å². The molecule has 4 rings (SSSR count). The minimum Gasteiger partial charge on any atom is -0.320 e. The van der Waals surface area contributed by atoms with E-state index >= 15 is 0 Å². The Kier molecular flexibility index (Phi) is 4.09. The van der Waals surface area contributed by atoms with Crippen molar-refractivity contribution in [2.45, 2.75) is 31.7 Å². The Morgan fingerprint density at radius 1 is 1.28 bits per heavy atom. The maximum absolute atomic E-state index is 12.6. The second-order valence-electron chi connectivity index (χ2n) is 6.73. The molecule has 2 N–H and O–H groups in total. The fraction of sp³-hybridized carbons (Fsp3) is 0.389. The number of fused-ring (bicyclic) bond motifs is 1. The third-order valence-corrected chi connectivity index (χ3v) is 5.29. The van der Waals surface area contributed by atoms with Crippen LogP contribution in [0.5, 0.6) is 0 Å². The van der Waals surface area contributed by atoms with Gasteiger partial charge in [0.1, 0.15) is 18.2 Å². The predicted molar refractivity (Wildman–Crippen MR) is 96.2 cm³/mol. The van der Waals surface area contributed by atoms with Crippen LogP contribution in [0.25, 0.3) is 0 Å². The number of benzene rings is 1. The molecule has 25 heavy (non-hydrogen) atoms. The first-order valence-corrected chi connectivity index (χ1v) is 8.81. The molecule has 1 saturated heterocycles. The van der Waals surface area contributed by atoms with Gasteiger partial charge in [0, 0.05) is 16.3 Å². The van der Waals surface area contributed by atoms with Crippen molar-refractivity contribution in [1.29, 1.82) is 0 Å². The first-order valence-electron chi connectivity index (χ1n) is 8.43. The van der Waals surface area contributed by atoms with Crippen LogP contribution in [0.3, 0.4) is 0 Å². The molecule has 1 aromatic carbocycles. The third kappa shape index (κ3) is 2.85. The monoisotopic (exact) mass is 357 g/mol. The Labute approximate surface area is 151 Å². The zero-order chi connectivity index (χ0) is 17.6. The lowest BCUT2D eigenvalue weighted by atomic mass is 10.0. The van der Waals surface area contributed by atoms with E-state index in [9.17, 15) is 4.79 Å². The molecule has 0 saturated carbocycles. The third-order valence-electron chi connectivity index (χ3n) is 5.04. The van der Waals surface area contributed by atoms with Crippen molar-refractivity contribution >= 4 is 23.3 Å². The van der Waals surface area contributed by atoms with Crippen LogP contribution >= 0.6 is 11.6 Å². The van der Waals surface area contributed by atoms with Crippen LogP contribution in [0.2, 0.25) is 5.02 Å². The van der Waals surface area contributed by atoms with E-state index in [1.165, 1.54) is 5.56 Å². The number of carbonyl (C=O) groups excluding carboxylic acids is 1. The van der Waals surface area contributed by atoms with Gasteiger partial charge in [-0.1, -0.05) is 30.7 Å². The van der Waals surface area contributed by atoms with Crippen molar-refractivity contribution in [3.8, 4) is 0 Å². The van der Waals surface area contributed by atoms with E-state index in [0.29, 0.717) is 24.3 Å². The van der Waals surface area contributed by atoms with E-state index in [1.54, 1.807) is 35.5 Å². The highest BCUT2D eigenvalue weighted by Gasteiger charge is 2.36. The molecule has 2 atom stereocenters. The van der Waals surface area contributed by atoms with Crippen molar-refractivity contribution in [1.82, 2.24) is 14.9 Å². The molecule has 6 nitrogen and oxygen atoms in total. The average Bonchev–Trinajstić information content (AvgIpc) is 2.95. The van der Waals surface area contributed by atoms with Gasteiger partial charge in [-0.25, -0.2) is 9.97 Å². The summed E-state index contributed by atoms with van der Waals surface area (Å²) in [5.41, 5.74) is 9.26. The summed E-state index contributed by atoms with van der Waals surface area (Å²) in [6, 6.07) is 6.41. The van der Waals surface area contributed by atoms with Crippen molar-refractivity contribution in [2.75, 3.05) is 18.2 Å². The molecule has 2 unspecified atom stereocenters. The van der Waals surface area contributed by atoms with Gasteiger partial charge in [-0.3, -0.25) is 4.79 Å². The Balaban J connectivity index is 1.45. The summed E-state index contributed by atoms with van der Waals surface area (Å²) in [4.78, 5) is 25.3. The Morgan fingerprint density at radius 3 is 2.72 bits per heavy atom. The van der Waals surface area contributed by atoms with E-state index in [-0.39, 0.29) is 5.91 Å². The topological polar surface area (TPSA) is 75.4 Å². The summed E-state index contributed by atoms with van der Waals surface area (Å²) in [6.07, 6.45) is 3.74. The van der Waals surface area contributed by atoms with Crippen LogP contribution in [0.15, 0.2) is 30.6 Å². The number of aryl methyl sites for hydroxylation is 1. The summed E-state index contributed by atoms with van der Waals surface area (Å²) in [6.45, 7) is 3.23. The fourth-order valence-electron chi connectivity index (χ4n) is 3.53. The SMILES string of the molecule is CC1CCc2ncnc(N3CN(C(=O)C(N)c4ccc(Cl)cc4)C3)c21. The minimum atomic E-state index is -0.672. The molecule has 1 aliphatic heterocycles. The van der Waals surface area contributed by atoms with Gasteiger partial charge in [-0.15, -0.1) is 0 Å². The van der Waals surface area contributed by atoms with Crippen molar-refractivity contribution in [3.05, 3.63) is 52.4 Å². The fourth-order valence-corrected chi connectivity index (χ4v) is 3.65. The van der Waals surface area contributed by atoms with E-state index in [4.69, 9.17) is 17.3 Å². The van der Waals surface area contributed by atoms with Crippen LogP contribution < -0.4 is 10.6 Å². The predicted octanol–water partition coefficient (Wildman–Crippen LogP) is 2.44. The Hall–Kier alpha value is -2.18. The number of hydrogen-bond donors (Lipinski definition) is 1. The normalized spacial score (nSPS) is 20.2. The molecule has 130 valence electrons. The van der Waals surface area contributed by atoms with Crippen molar-refractivity contribution in [3.63, 3.8) is 0 Å². The zero-order valence-electron chi connectivity index (χ0n) is 14.0. The minimum absolute atomic E-state index is 0.0858. The number of amides is 1. The summed E-state index contributed by atoms with van der Waals surface area (Å²) >= 11 is 5.89. The Bertz CT molecular complexity index is 804. The number of hydrogen-bond acceptors (Lipinski definition) is 5. The standard InChI is InChI=1S/C18H20ClN5O/c1-11-2-7-14-15(11)17(22-8-21-14)23-9-24(10-23)18(25)16(20)12-3-5-13(19)6-4-12/h3-6,8,11,16H,2,7,9-10,20H2,1H3. The highest BCUT2D eigenvalue weighted by molar-refractivity contribution is 6.30. The molecule has 7 heteroatoms. The van der Waals surface area contributed by atoms with Crippen LogP contribution in [0.1, 0.15) is 42.1 Å². The van der Waals surface area contributed by atoms with Crippen LogP contribution in [-0.2, 0) is 11.2 Å². The molecule has 1 amide bonds. The first kappa shape index (κ1) is 16.3. The van der Waals surface area contributed by atoms with Gasteiger partial charge in [0.05, 0.1) is 13.3 Å². The largest absolute Gasteiger partial charge is 0.320 e. The molecule has 0 radical (unpaired) electrons. The smallest absolute Gasteiger partial charge is 0.246 e. The highest BCUT2D eigenvalue weighted by atomic mass is 35.5. The quantitative estimate of drug-likeness (QED) is 0.913. The van der Waals surface area contributed by atoms with Gasteiger partial charge in [0.15, 0.2) is 0 Å². The average molecular weight is 358 g/mol. The van der Waals surface area contributed by atoms with Crippen LogP contribution in [0, 0.1) is 0 Å². The van der Waals surface area contributed by atoms with Crippen LogP contribution in [-0.4, -0.2) is 34.1 Å². The number of nitrogens with two attached hydrogens (primary N) is 1. The van der Waals surface area contributed by atoms with E-state index in [0.717, 1.165) is 29.9 Å². The van der Waals surface area contributed by atoms with Crippen LogP contribution in [0.4, 0.5) is 5.82 Å². The number of rotatable bonds is 3. The highest BCUT2D eigenvalue weighted by Crippen LogP contribution is 2.38. The molecule has 1 fully saturated rings. The van der Waals surface area contributed by atoms with Gasteiger partial charge in [0.25, 0.3) is 0 Å². The van der Waals surface area contributed by atoms with Crippen molar-refractivity contribution < 1.29 is 4.79 Å². The zero-order valence-corrected chi connectivity index (χ0v) is 14.8. The van der Waals surface area contributed by atoms with Gasteiger partial charge >= 0.3 is 0 Å². The maximum Gasteiger partial charge on any atom is 0.246 e. The summed E-state index contributed by atoms with van der Waals surface area (Å²) in [5, 5.41) is 0.630. The molecular formula is C18H20ClN5O. The first-order chi connectivity index (χ1) is 12.0. The lowest BCUT2D eigenvalue weighted by Crippen LogP contribution is -2.60. The molecule has 2 aliphatic rings.